The standard InChI is InChI=1S/C15H29N2/c1-16-10-4-6-12-13-7-5-11-17(2,3)15(13)9-8-14(12)16/h12-15H,4-11H2,1-3H3/q+1. The summed E-state index contributed by atoms with van der Waals surface area (Å²) in [6, 6.07) is 1.89. The van der Waals surface area contributed by atoms with Crippen LogP contribution in [-0.4, -0.2) is 55.7 Å². The molecule has 0 aromatic rings. The maximum Gasteiger partial charge on any atom is 0.0918 e. The lowest BCUT2D eigenvalue weighted by molar-refractivity contribution is -0.926. The van der Waals surface area contributed by atoms with Crippen molar-refractivity contribution in [2.45, 2.75) is 50.6 Å². The molecule has 2 nitrogen and oxygen atoms in total. The highest BCUT2D eigenvalue weighted by atomic mass is 15.3. The molecule has 2 heteroatoms. The van der Waals surface area contributed by atoms with E-state index >= 15 is 0 Å². The topological polar surface area (TPSA) is 3.24 Å². The molecular formula is C15H29N2+. The second-order valence-corrected chi connectivity index (χ2v) is 7.31. The van der Waals surface area contributed by atoms with Gasteiger partial charge in [0.1, 0.15) is 0 Å². The fourth-order valence-corrected chi connectivity index (χ4v) is 5.21. The lowest BCUT2D eigenvalue weighted by atomic mass is 9.65. The van der Waals surface area contributed by atoms with Gasteiger partial charge in [-0.05, 0) is 51.6 Å². The highest BCUT2D eigenvalue weighted by Gasteiger charge is 2.49. The molecule has 0 amide bonds. The van der Waals surface area contributed by atoms with Gasteiger partial charge in [-0.3, -0.25) is 0 Å². The maximum atomic E-state index is 2.67. The van der Waals surface area contributed by atoms with Crippen molar-refractivity contribution in [2.75, 3.05) is 34.2 Å². The molecule has 1 saturated carbocycles. The molecule has 98 valence electrons. The van der Waals surface area contributed by atoms with Crippen LogP contribution >= 0.6 is 0 Å². The fraction of sp³-hybridized carbons (Fsp3) is 1.00. The van der Waals surface area contributed by atoms with Crippen molar-refractivity contribution in [1.29, 1.82) is 0 Å². The first-order valence-corrected chi connectivity index (χ1v) is 7.62. The van der Waals surface area contributed by atoms with Crippen LogP contribution in [0.4, 0.5) is 0 Å². The van der Waals surface area contributed by atoms with E-state index in [0.29, 0.717) is 0 Å². The first-order valence-electron chi connectivity index (χ1n) is 7.62. The van der Waals surface area contributed by atoms with Gasteiger partial charge in [-0.25, -0.2) is 0 Å². The summed E-state index contributed by atoms with van der Waals surface area (Å²) >= 11 is 0. The fourth-order valence-electron chi connectivity index (χ4n) is 5.21. The number of hydrogen-bond donors (Lipinski definition) is 0. The van der Waals surface area contributed by atoms with E-state index in [9.17, 15) is 0 Å². The molecule has 4 unspecified atom stereocenters. The van der Waals surface area contributed by atoms with Gasteiger partial charge < -0.3 is 9.38 Å². The normalized spacial score (nSPS) is 46.1. The molecule has 0 bridgehead atoms. The summed E-state index contributed by atoms with van der Waals surface area (Å²) < 4.78 is 1.30. The van der Waals surface area contributed by atoms with Crippen LogP contribution in [0.1, 0.15) is 38.5 Å². The molecule has 0 N–H and O–H groups in total. The van der Waals surface area contributed by atoms with Crippen molar-refractivity contribution in [3.8, 4) is 0 Å². The number of quaternary nitrogens is 1. The van der Waals surface area contributed by atoms with Gasteiger partial charge >= 0.3 is 0 Å². The van der Waals surface area contributed by atoms with E-state index in [0.717, 1.165) is 23.9 Å². The number of fused-ring (bicyclic) bond motifs is 3. The second-order valence-electron chi connectivity index (χ2n) is 7.31. The molecule has 1 aliphatic carbocycles. The lowest BCUT2D eigenvalue weighted by Gasteiger charge is -2.55. The van der Waals surface area contributed by atoms with Crippen LogP contribution in [0, 0.1) is 11.8 Å². The average Bonchev–Trinajstić information content (AvgIpc) is 2.29. The van der Waals surface area contributed by atoms with E-state index in [1.165, 1.54) is 56.1 Å². The Bertz CT molecular complexity index is 287. The number of piperidine rings is 2. The van der Waals surface area contributed by atoms with E-state index < -0.39 is 0 Å². The Labute approximate surface area is 107 Å². The summed E-state index contributed by atoms with van der Waals surface area (Å²) in [4.78, 5) is 2.67. The van der Waals surface area contributed by atoms with E-state index in [4.69, 9.17) is 0 Å². The van der Waals surface area contributed by atoms with Crippen LogP contribution < -0.4 is 0 Å². The van der Waals surface area contributed by atoms with E-state index in [2.05, 4.69) is 26.0 Å². The van der Waals surface area contributed by atoms with Gasteiger partial charge in [-0.15, -0.1) is 0 Å². The Hall–Kier alpha value is -0.0800. The van der Waals surface area contributed by atoms with Crippen molar-refractivity contribution in [2.24, 2.45) is 11.8 Å². The highest BCUT2D eigenvalue weighted by Crippen LogP contribution is 2.46. The predicted octanol–water partition coefficient (Wildman–Crippen LogP) is 2.35. The monoisotopic (exact) mass is 237 g/mol. The highest BCUT2D eigenvalue weighted by molar-refractivity contribution is 4.95. The molecule has 2 saturated heterocycles. The third kappa shape index (κ3) is 1.94. The summed E-state index contributed by atoms with van der Waals surface area (Å²) in [6.45, 7) is 2.76. The summed E-state index contributed by atoms with van der Waals surface area (Å²) in [5.41, 5.74) is 0. The zero-order valence-electron chi connectivity index (χ0n) is 11.9. The molecule has 3 aliphatic rings. The summed E-state index contributed by atoms with van der Waals surface area (Å²) in [5.74, 6) is 2.05. The van der Waals surface area contributed by atoms with Crippen LogP contribution in [0.2, 0.25) is 0 Å². The van der Waals surface area contributed by atoms with Crippen LogP contribution in [0.15, 0.2) is 0 Å². The molecule has 0 aromatic heterocycles. The summed E-state index contributed by atoms with van der Waals surface area (Å²) in [5, 5.41) is 0. The molecule has 0 aromatic carbocycles. The average molecular weight is 237 g/mol. The van der Waals surface area contributed by atoms with Gasteiger partial charge in [-0.2, -0.15) is 0 Å². The molecule has 4 atom stereocenters. The van der Waals surface area contributed by atoms with E-state index in [1.54, 1.807) is 0 Å². The minimum atomic E-state index is 0.920. The number of nitrogens with zero attached hydrogens (tertiary/aromatic N) is 2. The van der Waals surface area contributed by atoms with Crippen molar-refractivity contribution >= 4 is 0 Å². The minimum Gasteiger partial charge on any atom is -0.326 e. The van der Waals surface area contributed by atoms with E-state index in [-0.39, 0.29) is 0 Å². The van der Waals surface area contributed by atoms with Gasteiger partial charge in [0.15, 0.2) is 0 Å². The van der Waals surface area contributed by atoms with E-state index in [1.807, 2.05) is 0 Å². The van der Waals surface area contributed by atoms with Crippen LogP contribution in [0.25, 0.3) is 0 Å². The minimum absolute atomic E-state index is 0.920. The quantitative estimate of drug-likeness (QED) is 0.585. The molecule has 17 heavy (non-hydrogen) atoms. The largest absolute Gasteiger partial charge is 0.326 e. The molecule has 2 aliphatic heterocycles. The van der Waals surface area contributed by atoms with Crippen molar-refractivity contribution in [3.05, 3.63) is 0 Å². The molecule has 3 fully saturated rings. The third-order valence-corrected chi connectivity index (χ3v) is 6.08. The predicted molar refractivity (Wildman–Crippen MR) is 71.9 cm³/mol. The Kier molecular flexibility index (Phi) is 2.99. The van der Waals surface area contributed by atoms with Crippen LogP contribution in [-0.2, 0) is 0 Å². The lowest BCUT2D eigenvalue weighted by Crippen LogP contribution is -2.63. The molecular weight excluding hydrogens is 208 g/mol. The zero-order valence-corrected chi connectivity index (χ0v) is 11.9. The van der Waals surface area contributed by atoms with Gasteiger partial charge in [0.25, 0.3) is 0 Å². The summed E-state index contributed by atoms with van der Waals surface area (Å²) in [6.07, 6.45) is 8.86. The van der Waals surface area contributed by atoms with Crippen LogP contribution in [0.5, 0.6) is 0 Å². The first-order chi connectivity index (χ1) is 8.09. The van der Waals surface area contributed by atoms with Crippen molar-refractivity contribution in [3.63, 3.8) is 0 Å². The SMILES string of the molecule is CN1CCCC2C3CCC[N+](C)(C)C3CCC21. The van der Waals surface area contributed by atoms with Crippen molar-refractivity contribution in [1.82, 2.24) is 4.90 Å². The van der Waals surface area contributed by atoms with Crippen LogP contribution in [0.3, 0.4) is 0 Å². The number of hydrogen-bond acceptors (Lipinski definition) is 1. The Morgan fingerprint density at radius 3 is 2.53 bits per heavy atom. The van der Waals surface area contributed by atoms with Crippen molar-refractivity contribution < 1.29 is 4.48 Å². The maximum absolute atomic E-state index is 2.67. The third-order valence-electron chi connectivity index (χ3n) is 6.08. The Morgan fingerprint density at radius 2 is 1.71 bits per heavy atom. The molecule has 0 spiro atoms. The number of likely N-dealkylation sites (tertiary alicyclic amines) is 2. The summed E-state index contributed by atoms with van der Waals surface area (Å²) in [7, 11) is 7.31. The second kappa shape index (κ2) is 4.24. The first kappa shape index (κ1) is 12.0. The van der Waals surface area contributed by atoms with Gasteiger partial charge in [-0.1, -0.05) is 0 Å². The van der Waals surface area contributed by atoms with Gasteiger partial charge in [0, 0.05) is 18.4 Å². The Morgan fingerprint density at radius 1 is 0.941 bits per heavy atom. The molecule has 0 radical (unpaired) electrons. The van der Waals surface area contributed by atoms with Gasteiger partial charge in [0.2, 0.25) is 0 Å². The number of rotatable bonds is 0. The smallest absolute Gasteiger partial charge is 0.0918 e. The molecule has 3 rings (SSSR count). The Balaban J connectivity index is 1.82. The van der Waals surface area contributed by atoms with Gasteiger partial charge in [0.05, 0.1) is 26.7 Å². The zero-order chi connectivity index (χ0) is 12.0. The molecule has 2 heterocycles.